The van der Waals surface area contributed by atoms with Gasteiger partial charge in [0.15, 0.2) is 11.5 Å². The Morgan fingerprint density at radius 1 is 0.963 bits per heavy atom. The largest absolute Gasteiger partial charge is 0.504 e. The first-order valence-electron chi connectivity index (χ1n) is 8.31. The van der Waals surface area contributed by atoms with Crippen molar-refractivity contribution in [2.24, 2.45) is 0 Å². The van der Waals surface area contributed by atoms with Gasteiger partial charge >= 0.3 is 0 Å². The van der Waals surface area contributed by atoms with Crippen LogP contribution in [0.3, 0.4) is 0 Å². The van der Waals surface area contributed by atoms with Gasteiger partial charge in [0.05, 0.1) is 38.0 Å². The molecule has 0 aliphatic rings. The molecule has 0 bridgehead atoms. The molecule has 0 spiro atoms. The second kappa shape index (κ2) is 6.87. The number of aromatic nitrogens is 4. The van der Waals surface area contributed by atoms with Crippen molar-refractivity contribution in [1.29, 1.82) is 0 Å². The summed E-state index contributed by atoms with van der Waals surface area (Å²) in [6.07, 6.45) is 5.39. The molecule has 0 saturated carbocycles. The summed E-state index contributed by atoms with van der Waals surface area (Å²) in [6, 6.07) is 13.3. The number of hydrogen-bond donors (Lipinski definition) is 2. The highest BCUT2D eigenvalue weighted by atomic mass is 16.5. The Morgan fingerprint density at radius 2 is 1.78 bits per heavy atom. The summed E-state index contributed by atoms with van der Waals surface area (Å²) in [5.74, 6) is 0.713. The van der Waals surface area contributed by atoms with E-state index in [1.807, 2.05) is 36.5 Å². The minimum absolute atomic E-state index is 0.0159. The van der Waals surface area contributed by atoms with Crippen LogP contribution in [0.15, 0.2) is 61.1 Å². The van der Waals surface area contributed by atoms with Crippen LogP contribution >= 0.6 is 0 Å². The molecular weight excluding hydrogens is 344 g/mol. The second-order valence-corrected chi connectivity index (χ2v) is 5.87. The Bertz CT molecular complexity index is 1070. The molecule has 27 heavy (non-hydrogen) atoms. The first-order valence-corrected chi connectivity index (χ1v) is 8.31. The molecule has 0 fully saturated rings. The lowest BCUT2D eigenvalue weighted by Gasteiger charge is -2.12. The molecule has 2 aromatic carbocycles. The van der Waals surface area contributed by atoms with Gasteiger partial charge in [0.2, 0.25) is 5.75 Å². The van der Waals surface area contributed by atoms with Crippen molar-refractivity contribution >= 4 is 0 Å². The molecule has 4 aromatic rings. The lowest BCUT2D eigenvalue weighted by molar-refractivity contribution is 0.334. The van der Waals surface area contributed by atoms with E-state index in [9.17, 15) is 5.11 Å². The summed E-state index contributed by atoms with van der Waals surface area (Å²) >= 11 is 0. The molecule has 0 radical (unpaired) electrons. The van der Waals surface area contributed by atoms with Crippen molar-refractivity contribution < 1.29 is 14.6 Å². The van der Waals surface area contributed by atoms with Crippen molar-refractivity contribution in [2.75, 3.05) is 14.2 Å². The zero-order chi connectivity index (χ0) is 18.8. The number of methoxy groups -OCH3 is 2. The molecular formula is C20H18N4O3. The summed E-state index contributed by atoms with van der Waals surface area (Å²) in [6.45, 7) is 0. The maximum Gasteiger partial charge on any atom is 0.203 e. The van der Waals surface area contributed by atoms with Gasteiger partial charge in [0.1, 0.15) is 0 Å². The van der Waals surface area contributed by atoms with Gasteiger partial charge in [0, 0.05) is 22.9 Å². The maximum atomic E-state index is 10.7. The Morgan fingerprint density at radius 3 is 2.52 bits per heavy atom. The molecule has 2 heterocycles. The van der Waals surface area contributed by atoms with Crippen LogP contribution in [0.5, 0.6) is 17.2 Å². The van der Waals surface area contributed by atoms with Gasteiger partial charge < -0.3 is 14.6 Å². The van der Waals surface area contributed by atoms with Crippen LogP contribution in [0.2, 0.25) is 0 Å². The van der Waals surface area contributed by atoms with E-state index >= 15 is 0 Å². The average molecular weight is 362 g/mol. The Hall–Kier alpha value is -3.74. The van der Waals surface area contributed by atoms with Crippen molar-refractivity contribution in [3.05, 3.63) is 61.1 Å². The number of ether oxygens (including phenoxy) is 2. The summed E-state index contributed by atoms with van der Waals surface area (Å²) in [5, 5.41) is 22.2. The number of phenolic OH excluding ortho intramolecular Hbond substituents is 1. The summed E-state index contributed by atoms with van der Waals surface area (Å²) in [5.41, 5.74) is 3.88. The van der Waals surface area contributed by atoms with Gasteiger partial charge in [-0.2, -0.15) is 10.2 Å². The van der Waals surface area contributed by atoms with Crippen molar-refractivity contribution in [2.45, 2.75) is 0 Å². The Balaban J connectivity index is 1.78. The van der Waals surface area contributed by atoms with E-state index in [2.05, 4.69) is 15.3 Å². The summed E-state index contributed by atoms with van der Waals surface area (Å²) < 4.78 is 12.3. The Kier molecular flexibility index (Phi) is 4.25. The second-order valence-electron chi connectivity index (χ2n) is 5.87. The quantitative estimate of drug-likeness (QED) is 0.566. The number of nitrogens with one attached hydrogen (secondary N) is 1. The van der Waals surface area contributed by atoms with Crippen LogP contribution in [-0.2, 0) is 0 Å². The third-order valence-electron chi connectivity index (χ3n) is 4.34. The number of hydrogen-bond acceptors (Lipinski definition) is 5. The number of benzene rings is 2. The predicted octanol–water partition coefficient (Wildman–Crippen LogP) is 3.65. The van der Waals surface area contributed by atoms with E-state index in [0.29, 0.717) is 17.0 Å². The van der Waals surface area contributed by atoms with E-state index in [1.165, 1.54) is 14.2 Å². The maximum absolute atomic E-state index is 10.7. The van der Waals surface area contributed by atoms with Gasteiger partial charge in [-0.25, -0.2) is 4.68 Å². The zero-order valence-corrected chi connectivity index (χ0v) is 14.9. The number of para-hydroxylation sites is 1. The molecule has 0 saturated heterocycles. The smallest absolute Gasteiger partial charge is 0.203 e. The topological polar surface area (TPSA) is 85.2 Å². The van der Waals surface area contributed by atoms with E-state index in [0.717, 1.165) is 16.8 Å². The highest BCUT2D eigenvalue weighted by molar-refractivity contribution is 5.84. The SMILES string of the molecule is COc1ccc(-c2[nH]ncc2-c2cnn(-c3ccccc3)c2)c(O)c1OC. The molecule has 7 nitrogen and oxygen atoms in total. The van der Waals surface area contributed by atoms with Gasteiger partial charge in [-0.15, -0.1) is 0 Å². The third-order valence-corrected chi connectivity index (χ3v) is 4.34. The van der Waals surface area contributed by atoms with Crippen LogP contribution in [0.4, 0.5) is 0 Å². The number of nitrogens with zero attached hydrogens (tertiary/aromatic N) is 3. The van der Waals surface area contributed by atoms with Gasteiger partial charge in [-0.05, 0) is 24.3 Å². The first-order chi connectivity index (χ1) is 13.2. The van der Waals surface area contributed by atoms with Crippen molar-refractivity contribution in [3.63, 3.8) is 0 Å². The zero-order valence-electron chi connectivity index (χ0n) is 14.9. The summed E-state index contributed by atoms with van der Waals surface area (Å²) in [7, 11) is 3.01. The van der Waals surface area contributed by atoms with Crippen molar-refractivity contribution in [3.8, 4) is 45.3 Å². The molecule has 2 aromatic heterocycles. The predicted molar refractivity (Wildman–Crippen MR) is 101 cm³/mol. The lowest BCUT2D eigenvalue weighted by Crippen LogP contribution is -1.93. The number of phenols is 1. The Labute approximate surface area is 155 Å². The number of rotatable bonds is 5. The van der Waals surface area contributed by atoms with E-state index in [4.69, 9.17) is 9.47 Å². The monoisotopic (exact) mass is 362 g/mol. The minimum Gasteiger partial charge on any atom is -0.504 e. The van der Waals surface area contributed by atoms with Crippen LogP contribution in [0.1, 0.15) is 0 Å². The normalized spacial score (nSPS) is 10.7. The van der Waals surface area contributed by atoms with Crippen molar-refractivity contribution in [1.82, 2.24) is 20.0 Å². The van der Waals surface area contributed by atoms with Crippen LogP contribution in [0.25, 0.3) is 28.1 Å². The highest BCUT2D eigenvalue weighted by Gasteiger charge is 2.20. The minimum atomic E-state index is -0.0159. The van der Waals surface area contributed by atoms with E-state index in [-0.39, 0.29) is 11.5 Å². The van der Waals surface area contributed by atoms with E-state index < -0.39 is 0 Å². The molecule has 0 atom stereocenters. The van der Waals surface area contributed by atoms with Gasteiger partial charge in [0.25, 0.3) is 0 Å². The number of aromatic hydroxyl groups is 1. The number of H-pyrrole nitrogens is 1. The fraction of sp³-hybridized carbons (Fsp3) is 0.100. The highest BCUT2D eigenvalue weighted by Crippen LogP contribution is 2.45. The first kappa shape index (κ1) is 16.7. The summed E-state index contributed by atoms with van der Waals surface area (Å²) in [4.78, 5) is 0. The molecule has 0 aliphatic carbocycles. The van der Waals surface area contributed by atoms with E-state index in [1.54, 1.807) is 29.2 Å². The number of aromatic amines is 1. The fourth-order valence-corrected chi connectivity index (χ4v) is 3.01. The van der Waals surface area contributed by atoms with Crippen LogP contribution in [0, 0.1) is 0 Å². The fourth-order valence-electron chi connectivity index (χ4n) is 3.01. The molecule has 0 aliphatic heterocycles. The molecule has 0 amide bonds. The van der Waals surface area contributed by atoms with Crippen LogP contribution in [-0.4, -0.2) is 39.3 Å². The van der Waals surface area contributed by atoms with Gasteiger partial charge in [-0.3, -0.25) is 5.10 Å². The molecule has 7 heteroatoms. The van der Waals surface area contributed by atoms with Gasteiger partial charge in [-0.1, -0.05) is 18.2 Å². The van der Waals surface area contributed by atoms with Crippen LogP contribution < -0.4 is 9.47 Å². The lowest BCUT2D eigenvalue weighted by atomic mass is 10.0. The molecule has 4 rings (SSSR count). The average Bonchev–Trinajstić information content (AvgIpc) is 3.37. The standard InChI is InChI=1S/C20H18N4O3/c1-26-17-9-8-15(19(25)20(17)27-2)18-16(11-21-23-18)13-10-22-24(12-13)14-6-4-3-5-7-14/h3-12,25H,1-2H3,(H,21,23). The molecule has 2 N–H and O–H groups in total. The third kappa shape index (κ3) is 2.89. The molecule has 0 unspecified atom stereocenters. The molecule has 136 valence electrons.